The monoisotopic (exact) mass is 607 g/mol. The van der Waals surface area contributed by atoms with E-state index in [-0.39, 0.29) is 24.7 Å². The summed E-state index contributed by atoms with van der Waals surface area (Å²) in [6, 6.07) is 5.08. The molecule has 0 saturated heterocycles. The largest absolute Gasteiger partial charge is 0.743 e. The Labute approximate surface area is 198 Å². The van der Waals surface area contributed by atoms with Crippen LogP contribution in [0.15, 0.2) is 18.2 Å². The molecule has 33 heavy (non-hydrogen) atoms. The SMILES string of the molecule is O=C1OC2(CC3CC2CC3C(=O)OCCC(F)(F)C(F)(F)S(=O)(=O)[O-])Oc2cccc(I)c21. The van der Waals surface area contributed by atoms with Crippen LogP contribution in [0.3, 0.4) is 0 Å². The van der Waals surface area contributed by atoms with Crippen molar-refractivity contribution in [2.24, 2.45) is 17.8 Å². The number of hydrogen-bond acceptors (Lipinski definition) is 8. The van der Waals surface area contributed by atoms with Crippen molar-refractivity contribution >= 4 is 44.6 Å². The summed E-state index contributed by atoms with van der Waals surface area (Å²) in [6.07, 6.45) is -1.07. The fraction of sp³-hybridized carbons (Fsp3) is 0.579. The van der Waals surface area contributed by atoms with E-state index >= 15 is 0 Å². The molecule has 1 aliphatic heterocycles. The second kappa shape index (κ2) is 7.93. The third-order valence-corrected chi connectivity index (χ3v) is 8.12. The first kappa shape index (κ1) is 24.4. The van der Waals surface area contributed by atoms with Gasteiger partial charge >= 0.3 is 23.1 Å². The van der Waals surface area contributed by atoms with Crippen LogP contribution in [0.25, 0.3) is 0 Å². The van der Waals surface area contributed by atoms with Gasteiger partial charge in [0.2, 0.25) is 0 Å². The second-order valence-corrected chi connectivity index (χ2v) is 10.8. The van der Waals surface area contributed by atoms with E-state index in [1.54, 1.807) is 18.2 Å². The van der Waals surface area contributed by atoms with Crippen molar-refractivity contribution in [3.05, 3.63) is 27.3 Å². The minimum atomic E-state index is -6.61. The van der Waals surface area contributed by atoms with Gasteiger partial charge in [0, 0.05) is 15.9 Å². The number of carbonyl (C=O) groups excluding carboxylic acids is 2. The Bertz CT molecular complexity index is 1110. The van der Waals surface area contributed by atoms with E-state index in [2.05, 4.69) is 0 Å². The highest BCUT2D eigenvalue weighted by atomic mass is 127. The van der Waals surface area contributed by atoms with Crippen molar-refractivity contribution in [3.63, 3.8) is 0 Å². The van der Waals surface area contributed by atoms with Gasteiger partial charge in [0.1, 0.15) is 11.3 Å². The minimum Gasteiger partial charge on any atom is -0.743 e. The van der Waals surface area contributed by atoms with Gasteiger partial charge in [-0.25, -0.2) is 13.2 Å². The first-order valence-electron chi connectivity index (χ1n) is 9.77. The molecular weight excluding hydrogens is 591 g/mol. The first-order chi connectivity index (χ1) is 15.2. The molecular formula is C19H16F4IO8S-. The van der Waals surface area contributed by atoms with Crippen molar-refractivity contribution in [1.82, 2.24) is 0 Å². The second-order valence-electron chi connectivity index (χ2n) is 8.25. The van der Waals surface area contributed by atoms with Gasteiger partial charge in [0.05, 0.1) is 18.9 Å². The van der Waals surface area contributed by atoms with Gasteiger partial charge in [-0.3, -0.25) is 4.79 Å². The first-order valence-corrected chi connectivity index (χ1v) is 12.3. The molecule has 1 aromatic rings. The third kappa shape index (κ3) is 3.96. The fourth-order valence-electron chi connectivity index (χ4n) is 4.70. The van der Waals surface area contributed by atoms with E-state index in [0.717, 1.165) is 0 Å². The number of carbonyl (C=O) groups is 2. The standard InChI is InChI=1S/C19H17F4IO8S/c20-18(21,19(22,23)33(27,28)29)4-5-30-15(25)11-7-10-6-9(11)8-17(10)31-13-3-1-2-12(24)14(13)16(26)32-17/h1-3,9-11H,4-8H2,(H,27,28,29)/p-1. The summed E-state index contributed by atoms with van der Waals surface area (Å²) in [4.78, 5) is 24.9. The molecule has 0 aromatic heterocycles. The van der Waals surface area contributed by atoms with Gasteiger partial charge in [-0.05, 0) is 53.5 Å². The summed E-state index contributed by atoms with van der Waals surface area (Å²) in [5.74, 6) is -9.05. The smallest absolute Gasteiger partial charge is 0.396 e. The zero-order valence-corrected chi connectivity index (χ0v) is 19.5. The number of esters is 2. The molecule has 1 aromatic carbocycles. The molecule has 4 rings (SSSR count). The Balaban J connectivity index is 1.37. The molecule has 4 unspecified atom stereocenters. The molecule has 0 amide bonds. The highest BCUT2D eigenvalue weighted by Crippen LogP contribution is 2.58. The van der Waals surface area contributed by atoms with E-state index < -0.39 is 58.0 Å². The molecule has 1 spiro atoms. The average molecular weight is 607 g/mol. The van der Waals surface area contributed by atoms with Crippen LogP contribution in [0.4, 0.5) is 17.6 Å². The van der Waals surface area contributed by atoms with E-state index in [4.69, 9.17) is 14.2 Å². The Morgan fingerprint density at radius 1 is 1.24 bits per heavy atom. The van der Waals surface area contributed by atoms with Gasteiger partial charge in [0.15, 0.2) is 10.1 Å². The van der Waals surface area contributed by atoms with Crippen LogP contribution >= 0.6 is 22.6 Å². The molecule has 3 aliphatic rings. The Morgan fingerprint density at radius 3 is 2.55 bits per heavy atom. The summed E-state index contributed by atoms with van der Waals surface area (Å²) < 4.78 is 102. The predicted molar refractivity (Wildman–Crippen MR) is 107 cm³/mol. The summed E-state index contributed by atoms with van der Waals surface area (Å²) in [7, 11) is -6.61. The van der Waals surface area contributed by atoms with Crippen molar-refractivity contribution in [1.29, 1.82) is 0 Å². The molecule has 182 valence electrons. The van der Waals surface area contributed by atoms with Crippen LogP contribution < -0.4 is 4.74 Å². The Morgan fingerprint density at radius 2 is 1.94 bits per heavy atom. The van der Waals surface area contributed by atoms with Crippen LogP contribution in [0.1, 0.15) is 36.0 Å². The van der Waals surface area contributed by atoms with Gasteiger partial charge in [-0.15, -0.1) is 0 Å². The lowest BCUT2D eigenvalue weighted by Gasteiger charge is -2.41. The quantitative estimate of drug-likeness (QED) is 0.209. The molecule has 1 heterocycles. The molecule has 4 atom stereocenters. The topological polar surface area (TPSA) is 119 Å². The minimum absolute atomic E-state index is 0.163. The Kier molecular flexibility index (Phi) is 5.88. The lowest BCUT2D eigenvalue weighted by molar-refractivity contribution is -0.194. The molecule has 2 bridgehead atoms. The molecule has 2 fully saturated rings. The highest BCUT2D eigenvalue weighted by Gasteiger charge is 2.64. The number of halogens is 5. The fourth-order valence-corrected chi connectivity index (χ4v) is 5.86. The highest BCUT2D eigenvalue weighted by molar-refractivity contribution is 14.1. The van der Waals surface area contributed by atoms with E-state index in [1.807, 2.05) is 22.6 Å². The normalized spacial score (nSPS) is 28.9. The zero-order chi connectivity index (χ0) is 24.4. The molecule has 0 radical (unpaired) electrons. The lowest BCUT2D eigenvalue weighted by Crippen LogP contribution is -2.50. The third-order valence-electron chi connectivity index (χ3n) is 6.29. The maximum atomic E-state index is 13.5. The van der Waals surface area contributed by atoms with Crippen LogP contribution in [0, 0.1) is 21.3 Å². The molecule has 0 N–H and O–H groups in total. The van der Waals surface area contributed by atoms with Crippen LogP contribution in [-0.4, -0.2) is 48.5 Å². The number of hydrogen-bond donors (Lipinski definition) is 0. The number of alkyl halides is 4. The van der Waals surface area contributed by atoms with Gasteiger partial charge in [-0.2, -0.15) is 17.6 Å². The van der Waals surface area contributed by atoms with Gasteiger partial charge in [0.25, 0.3) is 5.79 Å². The van der Waals surface area contributed by atoms with E-state index in [0.29, 0.717) is 21.3 Å². The van der Waals surface area contributed by atoms with Gasteiger partial charge in [-0.1, -0.05) is 6.07 Å². The van der Waals surface area contributed by atoms with Crippen molar-refractivity contribution < 1.29 is 54.3 Å². The maximum absolute atomic E-state index is 13.5. The molecule has 2 aliphatic carbocycles. The number of rotatable bonds is 6. The van der Waals surface area contributed by atoms with E-state index in [9.17, 15) is 40.1 Å². The van der Waals surface area contributed by atoms with Crippen molar-refractivity contribution in [2.45, 2.75) is 42.6 Å². The van der Waals surface area contributed by atoms with E-state index in [1.165, 1.54) is 0 Å². The summed E-state index contributed by atoms with van der Waals surface area (Å²) in [6.45, 7) is -1.20. The number of ether oxygens (including phenoxy) is 3. The Hall–Kier alpha value is -1.68. The van der Waals surface area contributed by atoms with Gasteiger partial charge < -0.3 is 18.8 Å². The summed E-state index contributed by atoms with van der Waals surface area (Å²) in [5.41, 5.74) is 0.306. The molecule has 2 saturated carbocycles. The van der Waals surface area contributed by atoms with Crippen molar-refractivity contribution in [3.8, 4) is 5.75 Å². The lowest BCUT2D eigenvalue weighted by atomic mass is 9.84. The number of fused-ring (bicyclic) bond motifs is 4. The van der Waals surface area contributed by atoms with Crippen LogP contribution in [0.5, 0.6) is 5.75 Å². The molecule has 8 nitrogen and oxygen atoms in total. The van der Waals surface area contributed by atoms with Crippen LogP contribution in [-0.2, 0) is 24.4 Å². The number of benzene rings is 1. The maximum Gasteiger partial charge on any atom is 0.396 e. The zero-order valence-electron chi connectivity index (χ0n) is 16.6. The average Bonchev–Trinajstić information content (AvgIpc) is 3.24. The predicted octanol–water partition coefficient (Wildman–Crippen LogP) is 3.29. The summed E-state index contributed by atoms with van der Waals surface area (Å²) in [5, 5.41) is -5.83. The van der Waals surface area contributed by atoms with Crippen LogP contribution in [0.2, 0.25) is 0 Å². The molecule has 14 heteroatoms. The van der Waals surface area contributed by atoms with Crippen molar-refractivity contribution in [2.75, 3.05) is 6.61 Å². The summed E-state index contributed by atoms with van der Waals surface area (Å²) >= 11 is 1.98.